The number of carbonyl (C=O) groups is 2. The highest BCUT2D eigenvalue weighted by Crippen LogP contribution is 2.13. The third-order valence-electron chi connectivity index (χ3n) is 2.79. The summed E-state index contributed by atoms with van der Waals surface area (Å²) in [5, 5.41) is 6.35. The normalized spacial score (nSPS) is 20.4. The van der Waals surface area contributed by atoms with Crippen LogP contribution in [0.25, 0.3) is 0 Å². The molecule has 1 aliphatic rings. The van der Waals surface area contributed by atoms with E-state index in [1.807, 2.05) is 13.8 Å². The first-order valence-corrected chi connectivity index (χ1v) is 5.84. The van der Waals surface area contributed by atoms with Gasteiger partial charge in [-0.25, -0.2) is 0 Å². The summed E-state index contributed by atoms with van der Waals surface area (Å²) in [6.45, 7) is 5.70. The second kappa shape index (κ2) is 4.75. The Labute approximate surface area is 105 Å². The Balaban J connectivity index is 2.11. The van der Waals surface area contributed by atoms with Gasteiger partial charge in [-0.1, -0.05) is 19.0 Å². The van der Waals surface area contributed by atoms with Crippen LogP contribution < -0.4 is 5.32 Å². The van der Waals surface area contributed by atoms with E-state index in [0.29, 0.717) is 11.7 Å². The molecule has 0 radical (unpaired) electrons. The van der Waals surface area contributed by atoms with Gasteiger partial charge in [0.05, 0.1) is 0 Å². The third-order valence-corrected chi connectivity index (χ3v) is 2.79. The summed E-state index contributed by atoms with van der Waals surface area (Å²) in [5.74, 6) is 0.635. The quantitative estimate of drug-likeness (QED) is 0.809. The summed E-state index contributed by atoms with van der Waals surface area (Å²) in [5.41, 5.74) is 0. The second-order valence-corrected chi connectivity index (χ2v) is 4.72. The first-order chi connectivity index (χ1) is 8.47. The summed E-state index contributed by atoms with van der Waals surface area (Å²) in [6.07, 6.45) is 0. The van der Waals surface area contributed by atoms with Gasteiger partial charge in [0, 0.05) is 0 Å². The predicted molar refractivity (Wildman–Crippen MR) is 61.2 cm³/mol. The Morgan fingerprint density at radius 2 is 2.22 bits per heavy atom. The molecule has 1 unspecified atom stereocenters. The van der Waals surface area contributed by atoms with Crippen LogP contribution in [0.15, 0.2) is 4.52 Å². The number of amides is 2. The number of carbonyl (C=O) groups excluding carboxylic acids is 2. The lowest BCUT2D eigenvalue weighted by atomic mass is 10.0. The molecule has 98 valence electrons. The van der Waals surface area contributed by atoms with Gasteiger partial charge >= 0.3 is 0 Å². The van der Waals surface area contributed by atoms with Crippen LogP contribution in [0.4, 0.5) is 0 Å². The maximum absolute atomic E-state index is 12.1. The molecule has 2 amide bonds. The Morgan fingerprint density at radius 3 is 2.78 bits per heavy atom. The van der Waals surface area contributed by atoms with Crippen LogP contribution in [-0.2, 0) is 16.1 Å². The summed E-state index contributed by atoms with van der Waals surface area (Å²) in [4.78, 5) is 29.2. The highest BCUT2D eigenvalue weighted by atomic mass is 16.5. The van der Waals surface area contributed by atoms with Crippen molar-refractivity contribution in [3.63, 3.8) is 0 Å². The maximum Gasteiger partial charge on any atom is 0.246 e. The van der Waals surface area contributed by atoms with Gasteiger partial charge in [0.1, 0.15) is 19.1 Å². The van der Waals surface area contributed by atoms with Crippen LogP contribution in [0.1, 0.15) is 25.6 Å². The maximum atomic E-state index is 12.1. The largest absolute Gasteiger partial charge is 0.343 e. The summed E-state index contributed by atoms with van der Waals surface area (Å²) in [7, 11) is 0. The molecule has 1 aliphatic heterocycles. The topological polar surface area (TPSA) is 88.3 Å². The van der Waals surface area contributed by atoms with E-state index in [4.69, 9.17) is 4.52 Å². The van der Waals surface area contributed by atoms with Gasteiger partial charge in [-0.15, -0.1) is 0 Å². The molecule has 0 spiro atoms. The molecule has 0 aromatic carbocycles. The zero-order chi connectivity index (χ0) is 13.3. The van der Waals surface area contributed by atoms with Crippen molar-refractivity contribution >= 4 is 11.8 Å². The zero-order valence-electron chi connectivity index (χ0n) is 10.6. The van der Waals surface area contributed by atoms with Crippen LogP contribution in [0.5, 0.6) is 0 Å². The van der Waals surface area contributed by atoms with Crippen molar-refractivity contribution in [1.82, 2.24) is 20.4 Å². The molecule has 2 rings (SSSR count). The zero-order valence-corrected chi connectivity index (χ0v) is 10.6. The third kappa shape index (κ3) is 2.49. The SMILES string of the molecule is Cc1noc(CN2CC(=O)NC(C(C)C)C2=O)n1. The number of piperazine rings is 1. The predicted octanol–water partition coefficient (Wildman–Crippen LogP) is -0.139. The molecule has 1 fully saturated rings. The number of nitrogens with zero attached hydrogens (tertiary/aromatic N) is 3. The lowest BCUT2D eigenvalue weighted by Gasteiger charge is -2.33. The number of hydrogen-bond donors (Lipinski definition) is 1. The number of nitrogens with one attached hydrogen (secondary N) is 1. The number of aryl methyl sites for hydroxylation is 1. The molecular formula is C11H16N4O3. The average Bonchev–Trinajstić information content (AvgIpc) is 2.68. The number of aromatic nitrogens is 2. The van der Waals surface area contributed by atoms with E-state index in [2.05, 4.69) is 15.5 Å². The minimum absolute atomic E-state index is 0.0312. The molecule has 0 saturated carbocycles. The van der Waals surface area contributed by atoms with E-state index in [1.165, 1.54) is 4.90 Å². The lowest BCUT2D eigenvalue weighted by Crippen LogP contribution is -2.59. The summed E-state index contributed by atoms with van der Waals surface area (Å²) < 4.78 is 4.96. The molecule has 18 heavy (non-hydrogen) atoms. The molecule has 1 aromatic heterocycles. The van der Waals surface area contributed by atoms with Gasteiger partial charge in [-0.3, -0.25) is 9.59 Å². The van der Waals surface area contributed by atoms with Crippen LogP contribution in [0, 0.1) is 12.8 Å². The second-order valence-electron chi connectivity index (χ2n) is 4.72. The highest BCUT2D eigenvalue weighted by Gasteiger charge is 2.35. The fourth-order valence-electron chi connectivity index (χ4n) is 1.88. The minimum Gasteiger partial charge on any atom is -0.343 e. The first-order valence-electron chi connectivity index (χ1n) is 5.84. The van der Waals surface area contributed by atoms with Crippen molar-refractivity contribution < 1.29 is 14.1 Å². The van der Waals surface area contributed by atoms with Crippen LogP contribution in [-0.4, -0.2) is 39.4 Å². The van der Waals surface area contributed by atoms with E-state index in [0.717, 1.165) is 0 Å². The fourth-order valence-corrected chi connectivity index (χ4v) is 1.88. The van der Waals surface area contributed by atoms with E-state index >= 15 is 0 Å². The van der Waals surface area contributed by atoms with Crippen LogP contribution in [0.2, 0.25) is 0 Å². The van der Waals surface area contributed by atoms with E-state index < -0.39 is 6.04 Å². The fraction of sp³-hybridized carbons (Fsp3) is 0.636. The Hall–Kier alpha value is -1.92. The van der Waals surface area contributed by atoms with Gasteiger partial charge in [0.15, 0.2) is 5.82 Å². The summed E-state index contributed by atoms with van der Waals surface area (Å²) in [6, 6.07) is -0.477. The standard InChI is InChI=1S/C11H16N4O3/c1-6(2)10-11(17)15(4-8(16)13-10)5-9-12-7(3)14-18-9/h6,10H,4-5H2,1-3H3,(H,13,16). The highest BCUT2D eigenvalue weighted by molar-refractivity contribution is 5.94. The Kier molecular flexibility index (Phi) is 3.31. The van der Waals surface area contributed by atoms with Crippen molar-refractivity contribution in [3.8, 4) is 0 Å². The van der Waals surface area contributed by atoms with Gasteiger partial charge in [0.2, 0.25) is 17.7 Å². The van der Waals surface area contributed by atoms with E-state index in [9.17, 15) is 9.59 Å². The van der Waals surface area contributed by atoms with Crippen molar-refractivity contribution in [2.75, 3.05) is 6.54 Å². The molecule has 0 aliphatic carbocycles. The lowest BCUT2D eigenvalue weighted by molar-refractivity contribution is -0.146. The van der Waals surface area contributed by atoms with Crippen molar-refractivity contribution in [2.24, 2.45) is 5.92 Å². The van der Waals surface area contributed by atoms with Gasteiger partial charge in [-0.05, 0) is 12.8 Å². The van der Waals surface area contributed by atoms with Crippen molar-refractivity contribution in [1.29, 1.82) is 0 Å². The first kappa shape index (κ1) is 12.5. The molecular weight excluding hydrogens is 236 g/mol. The number of rotatable bonds is 3. The number of hydrogen-bond acceptors (Lipinski definition) is 5. The molecule has 1 saturated heterocycles. The van der Waals surface area contributed by atoms with E-state index in [1.54, 1.807) is 6.92 Å². The molecule has 1 atom stereocenters. The van der Waals surface area contributed by atoms with Gasteiger partial charge in [-0.2, -0.15) is 4.98 Å². The smallest absolute Gasteiger partial charge is 0.246 e. The van der Waals surface area contributed by atoms with Crippen molar-refractivity contribution in [3.05, 3.63) is 11.7 Å². The van der Waals surface area contributed by atoms with Crippen LogP contribution in [0.3, 0.4) is 0 Å². The monoisotopic (exact) mass is 252 g/mol. The van der Waals surface area contributed by atoms with E-state index in [-0.39, 0.29) is 30.8 Å². The molecule has 0 bridgehead atoms. The molecule has 2 heterocycles. The molecule has 1 aromatic rings. The van der Waals surface area contributed by atoms with Crippen LogP contribution >= 0.6 is 0 Å². The Bertz CT molecular complexity index is 469. The average molecular weight is 252 g/mol. The van der Waals surface area contributed by atoms with Gasteiger partial charge in [0.25, 0.3) is 0 Å². The van der Waals surface area contributed by atoms with Gasteiger partial charge < -0.3 is 14.7 Å². The molecule has 1 N–H and O–H groups in total. The molecule has 7 heteroatoms. The molecule has 7 nitrogen and oxygen atoms in total. The Morgan fingerprint density at radius 1 is 1.50 bits per heavy atom. The summed E-state index contributed by atoms with van der Waals surface area (Å²) >= 11 is 0. The van der Waals surface area contributed by atoms with Crippen molar-refractivity contribution in [2.45, 2.75) is 33.4 Å². The minimum atomic E-state index is -0.477.